The number of benzene rings is 2. The van der Waals surface area contributed by atoms with Gasteiger partial charge in [0.1, 0.15) is 0 Å². The van der Waals surface area contributed by atoms with Crippen LogP contribution in [0.1, 0.15) is 10.4 Å². The number of nitro benzene ring substituents is 1. The van der Waals surface area contributed by atoms with E-state index in [9.17, 15) is 20.0 Å². The van der Waals surface area contributed by atoms with Crippen LogP contribution in [-0.2, 0) is 4.74 Å². The molecule has 2 rings (SSSR count). The number of nitrogens with zero attached hydrogens (tertiary/aromatic N) is 1. The molecule has 0 atom stereocenters. The molecule has 0 radical (unpaired) electrons. The number of hydrogen-bond donors (Lipinski definition) is 0. The van der Waals surface area contributed by atoms with Crippen LogP contribution in [0.4, 0.5) is 5.69 Å². The molecule has 0 aliphatic carbocycles. The van der Waals surface area contributed by atoms with Gasteiger partial charge in [0.05, 0.1) is 23.0 Å². The number of nitro groups is 1. The fourth-order valence-corrected chi connectivity index (χ4v) is 1.75. The van der Waals surface area contributed by atoms with Gasteiger partial charge in [-0.1, -0.05) is 18.2 Å². The average Bonchev–Trinajstić information content (AvgIpc) is 2.36. The third kappa shape index (κ3) is 1.73. The highest BCUT2D eigenvalue weighted by molar-refractivity contribution is 6.03. The van der Waals surface area contributed by atoms with Crippen molar-refractivity contribution in [2.24, 2.45) is 0 Å². The van der Waals surface area contributed by atoms with Crippen molar-refractivity contribution in [1.29, 1.82) is 0 Å². The number of fused-ring (bicyclic) bond motifs is 1. The second-order valence-corrected chi connectivity index (χ2v) is 3.57. The lowest BCUT2D eigenvalue weighted by atomic mass is 10.0. The monoisotopic (exact) mass is 246 g/mol. The summed E-state index contributed by atoms with van der Waals surface area (Å²) in [6.07, 6.45) is 0. The van der Waals surface area contributed by atoms with E-state index in [4.69, 9.17) is 0 Å². The van der Waals surface area contributed by atoms with E-state index in [1.54, 1.807) is 18.2 Å². The Hall–Kier alpha value is -2.63. The summed E-state index contributed by atoms with van der Waals surface area (Å²) >= 11 is 0. The quantitative estimate of drug-likeness (QED) is 0.456. The largest absolute Gasteiger partial charge is 0.867 e. The Labute approximate surface area is 102 Å². The minimum atomic E-state index is -0.925. The summed E-state index contributed by atoms with van der Waals surface area (Å²) in [6, 6.07) is 7.62. The second kappa shape index (κ2) is 4.33. The van der Waals surface area contributed by atoms with Crippen LogP contribution in [0.2, 0.25) is 0 Å². The summed E-state index contributed by atoms with van der Waals surface area (Å²) in [6.45, 7) is 0. The number of carbonyl (C=O) groups is 1. The Balaban J connectivity index is 2.88. The van der Waals surface area contributed by atoms with E-state index < -0.39 is 22.3 Å². The van der Waals surface area contributed by atoms with E-state index in [0.717, 1.165) is 7.11 Å². The van der Waals surface area contributed by atoms with Gasteiger partial charge < -0.3 is 9.84 Å². The van der Waals surface area contributed by atoms with Crippen LogP contribution in [-0.4, -0.2) is 18.0 Å². The van der Waals surface area contributed by atoms with E-state index in [1.807, 2.05) is 0 Å². The zero-order valence-corrected chi connectivity index (χ0v) is 9.38. The van der Waals surface area contributed by atoms with Crippen molar-refractivity contribution in [2.45, 2.75) is 0 Å². The molecule has 2 aromatic carbocycles. The molecular formula is C12H8NO5-. The molecule has 0 N–H and O–H groups in total. The van der Waals surface area contributed by atoms with Crippen LogP contribution in [0.25, 0.3) is 10.8 Å². The maximum absolute atomic E-state index is 11.9. The third-order valence-corrected chi connectivity index (χ3v) is 2.56. The topological polar surface area (TPSA) is 92.5 Å². The molecule has 0 unspecified atom stereocenters. The summed E-state index contributed by atoms with van der Waals surface area (Å²) in [4.78, 5) is 21.6. The van der Waals surface area contributed by atoms with Gasteiger partial charge in [0.2, 0.25) is 0 Å². The third-order valence-electron chi connectivity index (χ3n) is 2.56. The number of ether oxygens (including phenoxy) is 1. The number of rotatable bonds is 2. The normalized spacial score (nSPS) is 10.3. The van der Waals surface area contributed by atoms with Crippen molar-refractivity contribution in [3.8, 4) is 5.75 Å². The second-order valence-electron chi connectivity index (χ2n) is 3.57. The predicted octanol–water partition coefficient (Wildman–Crippen LogP) is 1.61. The Morgan fingerprint density at radius 3 is 2.61 bits per heavy atom. The van der Waals surface area contributed by atoms with Gasteiger partial charge >= 0.3 is 5.97 Å². The van der Waals surface area contributed by atoms with E-state index in [2.05, 4.69) is 4.74 Å². The number of carbonyl (C=O) groups excluding carboxylic acids is 1. The lowest BCUT2D eigenvalue weighted by Gasteiger charge is -2.14. The maximum Gasteiger partial charge on any atom is 0.337 e. The Kier molecular flexibility index (Phi) is 2.85. The minimum Gasteiger partial charge on any atom is -0.867 e. The zero-order chi connectivity index (χ0) is 13.3. The van der Waals surface area contributed by atoms with Crippen LogP contribution in [0, 0.1) is 10.1 Å². The van der Waals surface area contributed by atoms with E-state index in [-0.39, 0.29) is 10.9 Å². The van der Waals surface area contributed by atoms with Crippen molar-refractivity contribution in [3.63, 3.8) is 0 Å². The molecule has 0 bridgehead atoms. The number of esters is 1. The van der Waals surface area contributed by atoms with Gasteiger partial charge in [0.25, 0.3) is 5.69 Å². The molecule has 0 heterocycles. The van der Waals surface area contributed by atoms with Gasteiger partial charge in [0.15, 0.2) is 0 Å². The van der Waals surface area contributed by atoms with E-state index in [0.29, 0.717) is 5.39 Å². The molecule has 0 fully saturated rings. The van der Waals surface area contributed by atoms with Gasteiger partial charge in [-0.2, -0.15) is 0 Å². The molecule has 0 amide bonds. The van der Waals surface area contributed by atoms with Gasteiger partial charge in [-0.15, -0.1) is 0 Å². The molecule has 0 spiro atoms. The Bertz CT molecular complexity index is 650. The first-order valence-corrected chi connectivity index (χ1v) is 5.01. The zero-order valence-electron chi connectivity index (χ0n) is 9.38. The summed E-state index contributed by atoms with van der Waals surface area (Å²) in [5.41, 5.74) is -0.934. The van der Waals surface area contributed by atoms with Crippen LogP contribution < -0.4 is 5.11 Å². The summed E-state index contributed by atoms with van der Waals surface area (Å²) in [5.74, 6) is -1.81. The predicted molar refractivity (Wildman–Crippen MR) is 61.4 cm³/mol. The van der Waals surface area contributed by atoms with Gasteiger partial charge in [0, 0.05) is 0 Å². The Morgan fingerprint density at radius 2 is 2.00 bits per heavy atom. The first-order valence-electron chi connectivity index (χ1n) is 5.01. The van der Waals surface area contributed by atoms with Crippen molar-refractivity contribution in [2.75, 3.05) is 7.11 Å². The number of methoxy groups -OCH3 is 1. The van der Waals surface area contributed by atoms with Crippen molar-refractivity contribution in [1.82, 2.24) is 0 Å². The molecule has 6 heteroatoms. The van der Waals surface area contributed by atoms with Crippen molar-refractivity contribution < 1.29 is 19.6 Å². The standard InChI is InChI=1S/C12H9NO5/c1-18-12(15)9-6-7-4-2-3-5-8(7)10(11(9)14)13(16)17/h2-6,14H,1H3/p-1. The van der Waals surface area contributed by atoms with Gasteiger partial charge in [-0.25, -0.2) is 4.79 Å². The minimum absolute atomic E-state index is 0.208. The first kappa shape index (κ1) is 11.8. The molecule has 6 nitrogen and oxygen atoms in total. The first-order chi connectivity index (χ1) is 8.56. The van der Waals surface area contributed by atoms with E-state index in [1.165, 1.54) is 12.1 Å². The van der Waals surface area contributed by atoms with Crippen LogP contribution in [0.5, 0.6) is 5.75 Å². The fraction of sp³-hybridized carbons (Fsp3) is 0.0833. The smallest absolute Gasteiger partial charge is 0.337 e. The molecule has 0 saturated heterocycles. The molecule has 0 aromatic heterocycles. The summed E-state index contributed by atoms with van der Waals surface area (Å²) < 4.78 is 4.44. The highest BCUT2D eigenvalue weighted by Crippen LogP contribution is 2.35. The molecule has 0 saturated carbocycles. The van der Waals surface area contributed by atoms with E-state index >= 15 is 0 Å². The molecular weight excluding hydrogens is 238 g/mol. The Morgan fingerprint density at radius 1 is 1.33 bits per heavy atom. The summed E-state index contributed by atoms with van der Waals surface area (Å²) in [5, 5.41) is 23.5. The van der Waals surface area contributed by atoms with Crippen molar-refractivity contribution >= 4 is 22.4 Å². The lowest BCUT2D eigenvalue weighted by Crippen LogP contribution is -2.09. The van der Waals surface area contributed by atoms with Crippen LogP contribution in [0.15, 0.2) is 30.3 Å². The fourth-order valence-electron chi connectivity index (χ4n) is 1.75. The molecule has 18 heavy (non-hydrogen) atoms. The molecule has 0 aliphatic heterocycles. The molecule has 2 aromatic rings. The average molecular weight is 246 g/mol. The van der Waals surface area contributed by atoms with Gasteiger partial charge in [-0.3, -0.25) is 10.1 Å². The highest BCUT2D eigenvalue weighted by Gasteiger charge is 2.19. The molecule has 0 aliphatic rings. The highest BCUT2D eigenvalue weighted by atomic mass is 16.6. The van der Waals surface area contributed by atoms with Gasteiger partial charge in [-0.05, 0) is 23.3 Å². The lowest BCUT2D eigenvalue weighted by molar-refractivity contribution is -0.396. The van der Waals surface area contributed by atoms with Crippen LogP contribution >= 0.6 is 0 Å². The number of hydrogen-bond acceptors (Lipinski definition) is 5. The summed E-state index contributed by atoms with van der Waals surface area (Å²) in [7, 11) is 1.11. The SMILES string of the molecule is COC(=O)c1cc2ccccc2c([N+](=O)[O-])c1[O-]. The maximum atomic E-state index is 11.9. The van der Waals surface area contributed by atoms with Crippen LogP contribution in [0.3, 0.4) is 0 Å². The molecule has 92 valence electrons. The van der Waals surface area contributed by atoms with Crippen molar-refractivity contribution in [3.05, 3.63) is 46.0 Å².